The van der Waals surface area contributed by atoms with Gasteiger partial charge in [0.2, 0.25) is 0 Å². The van der Waals surface area contributed by atoms with E-state index in [9.17, 15) is 0 Å². The maximum atomic E-state index is 6.77. The summed E-state index contributed by atoms with van der Waals surface area (Å²) in [6.07, 6.45) is 8.49. The zero-order valence-corrected chi connectivity index (χ0v) is 26.1. The average molecular weight is 616 g/mol. The van der Waals surface area contributed by atoms with E-state index in [0.29, 0.717) is 5.82 Å². The van der Waals surface area contributed by atoms with E-state index in [1.165, 1.54) is 16.3 Å². The number of hydrogen-bond acceptors (Lipinski definition) is 3. The van der Waals surface area contributed by atoms with E-state index >= 15 is 0 Å². The lowest BCUT2D eigenvalue weighted by atomic mass is 9.99. The van der Waals surface area contributed by atoms with Crippen molar-refractivity contribution in [2.75, 3.05) is 0 Å². The second-order valence-corrected chi connectivity index (χ2v) is 12.5. The van der Waals surface area contributed by atoms with Gasteiger partial charge in [-0.25, -0.2) is 9.97 Å². The number of furan rings is 1. The number of benzene rings is 6. The summed E-state index contributed by atoms with van der Waals surface area (Å²) in [5, 5.41) is 6.72. The Kier molecular flexibility index (Phi) is 5.97. The van der Waals surface area contributed by atoms with Gasteiger partial charge in [-0.3, -0.25) is 0 Å². The second-order valence-electron chi connectivity index (χ2n) is 12.5. The molecule has 0 amide bonds. The van der Waals surface area contributed by atoms with E-state index in [1.54, 1.807) is 0 Å². The Morgan fingerprint density at radius 1 is 0.604 bits per heavy atom. The Hall–Kier alpha value is -6.26. The summed E-state index contributed by atoms with van der Waals surface area (Å²) in [6, 6.07) is 46.9. The minimum Gasteiger partial charge on any atom is -0.455 e. The molecule has 0 bridgehead atoms. The minimum atomic E-state index is 0.697. The molecule has 0 radical (unpaired) electrons. The maximum Gasteiger partial charge on any atom is 0.162 e. The first-order chi connectivity index (χ1) is 23.8. The Morgan fingerprint density at radius 3 is 2.19 bits per heavy atom. The summed E-state index contributed by atoms with van der Waals surface area (Å²) >= 11 is 0. The van der Waals surface area contributed by atoms with Gasteiger partial charge in [0.05, 0.1) is 27.8 Å². The van der Waals surface area contributed by atoms with Crippen molar-refractivity contribution in [1.82, 2.24) is 14.5 Å². The number of rotatable bonds is 4. The first kappa shape index (κ1) is 26.9. The molecule has 226 valence electrons. The smallest absolute Gasteiger partial charge is 0.162 e. The molecule has 3 aromatic heterocycles. The molecule has 9 aromatic rings. The summed E-state index contributed by atoms with van der Waals surface area (Å²) in [7, 11) is 0. The molecular formula is C44H29N3O. The van der Waals surface area contributed by atoms with Crippen molar-refractivity contribution in [3.63, 3.8) is 0 Å². The van der Waals surface area contributed by atoms with Crippen LogP contribution in [0.3, 0.4) is 0 Å². The molecular weight excluding hydrogens is 587 g/mol. The first-order valence-electron chi connectivity index (χ1n) is 16.5. The number of aromatic nitrogens is 3. The quantitative estimate of drug-likeness (QED) is 0.198. The summed E-state index contributed by atoms with van der Waals surface area (Å²) in [6.45, 7) is 0. The summed E-state index contributed by atoms with van der Waals surface area (Å²) < 4.78 is 9.17. The zero-order valence-electron chi connectivity index (χ0n) is 26.1. The lowest BCUT2D eigenvalue weighted by Crippen LogP contribution is -2.02. The van der Waals surface area contributed by atoms with Gasteiger partial charge in [0.25, 0.3) is 0 Å². The van der Waals surface area contributed by atoms with Crippen LogP contribution in [0.5, 0.6) is 0 Å². The van der Waals surface area contributed by atoms with Crippen molar-refractivity contribution in [1.29, 1.82) is 0 Å². The topological polar surface area (TPSA) is 43.9 Å². The van der Waals surface area contributed by atoms with Crippen molar-refractivity contribution in [3.8, 4) is 28.3 Å². The molecule has 0 saturated heterocycles. The van der Waals surface area contributed by atoms with Crippen LogP contribution in [0.1, 0.15) is 18.5 Å². The Labute approximate surface area is 276 Å². The van der Waals surface area contributed by atoms with Crippen LogP contribution in [0.4, 0.5) is 0 Å². The van der Waals surface area contributed by atoms with Crippen LogP contribution in [-0.2, 0) is 0 Å². The summed E-state index contributed by atoms with van der Waals surface area (Å²) in [5.41, 5.74) is 10.1. The average Bonchev–Trinajstić information content (AvgIpc) is 3.72. The molecule has 1 aliphatic rings. The van der Waals surface area contributed by atoms with Crippen molar-refractivity contribution >= 4 is 60.1 Å². The number of nitrogens with zero attached hydrogens (tertiary/aromatic N) is 3. The molecule has 0 atom stereocenters. The van der Waals surface area contributed by atoms with Crippen molar-refractivity contribution in [3.05, 3.63) is 157 Å². The molecule has 10 rings (SSSR count). The van der Waals surface area contributed by atoms with Crippen LogP contribution in [0.2, 0.25) is 0 Å². The van der Waals surface area contributed by atoms with Gasteiger partial charge >= 0.3 is 0 Å². The Bertz CT molecular complexity index is 2770. The van der Waals surface area contributed by atoms with Gasteiger partial charge in [-0.05, 0) is 54.1 Å². The standard InChI is InChI=1S/C44H29N3O/c1-4-15-29(16-5-1)37-27-38(30-17-6-2-7-18-30)46-44(45-37)36-26-35-33-22-12-13-23-39(33)48-43(35)40-34-25-24-28-14-10-11-21-32(28)41(34)47(42(36)40)31-19-8-3-9-20-31/h1-6,8-17,19-27H,7,18H2. The number of fused-ring (bicyclic) bond motifs is 9. The predicted molar refractivity (Wildman–Crippen MR) is 198 cm³/mol. The molecule has 3 heterocycles. The van der Waals surface area contributed by atoms with Crippen LogP contribution in [0.25, 0.3) is 88.4 Å². The van der Waals surface area contributed by atoms with Gasteiger partial charge in [-0.2, -0.15) is 0 Å². The van der Waals surface area contributed by atoms with Crippen LogP contribution >= 0.6 is 0 Å². The van der Waals surface area contributed by atoms with Crippen molar-refractivity contribution in [2.45, 2.75) is 12.8 Å². The maximum absolute atomic E-state index is 6.77. The van der Waals surface area contributed by atoms with Crippen LogP contribution in [-0.4, -0.2) is 14.5 Å². The summed E-state index contributed by atoms with van der Waals surface area (Å²) in [4.78, 5) is 10.7. The minimum absolute atomic E-state index is 0.697. The van der Waals surface area contributed by atoms with Gasteiger partial charge in [0.15, 0.2) is 5.82 Å². The fraction of sp³-hybridized carbons (Fsp3) is 0.0455. The second kappa shape index (κ2) is 10.6. The zero-order chi connectivity index (χ0) is 31.6. The van der Waals surface area contributed by atoms with E-state index in [4.69, 9.17) is 14.4 Å². The predicted octanol–water partition coefficient (Wildman–Crippen LogP) is 11.7. The molecule has 4 nitrogen and oxygen atoms in total. The van der Waals surface area contributed by atoms with E-state index in [1.807, 2.05) is 12.1 Å². The fourth-order valence-electron chi connectivity index (χ4n) is 7.45. The molecule has 48 heavy (non-hydrogen) atoms. The van der Waals surface area contributed by atoms with Gasteiger partial charge in [0.1, 0.15) is 11.2 Å². The highest BCUT2D eigenvalue weighted by molar-refractivity contribution is 6.30. The van der Waals surface area contributed by atoms with Crippen molar-refractivity contribution in [2.24, 2.45) is 0 Å². The molecule has 1 aliphatic carbocycles. The lowest BCUT2D eigenvalue weighted by Gasteiger charge is -2.15. The molecule has 0 spiro atoms. The van der Waals surface area contributed by atoms with Gasteiger partial charge in [0, 0.05) is 38.4 Å². The molecule has 0 N–H and O–H groups in total. The van der Waals surface area contributed by atoms with Crippen LogP contribution in [0, 0.1) is 0 Å². The molecule has 4 heteroatoms. The Balaban J connectivity index is 1.43. The monoisotopic (exact) mass is 615 g/mol. The molecule has 0 aliphatic heterocycles. The van der Waals surface area contributed by atoms with Crippen molar-refractivity contribution < 1.29 is 4.42 Å². The third-order valence-electron chi connectivity index (χ3n) is 9.65. The third kappa shape index (κ3) is 4.09. The third-order valence-corrected chi connectivity index (χ3v) is 9.65. The number of hydrogen-bond donors (Lipinski definition) is 0. The van der Waals surface area contributed by atoms with Gasteiger partial charge in [-0.15, -0.1) is 0 Å². The Morgan fingerprint density at radius 2 is 1.35 bits per heavy atom. The van der Waals surface area contributed by atoms with Crippen LogP contribution in [0.15, 0.2) is 156 Å². The van der Waals surface area contributed by atoms with E-state index in [0.717, 1.165) is 84.8 Å². The van der Waals surface area contributed by atoms with E-state index in [2.05, 4.69) is 144 Å². The fourth-order valence-corrected chi connectivity index (χ4v) is 7.45. The molecule has 6 aromatic carbocycles. The summed E-state index contributed by atoms with van der Waals surface area (Å²) in [5.74, 6) is 0.697. The first-order valence-corrected chi connectivity index (χ1v) is 16.5. The number of para-hydroxylation sites is 2. The highest BCUT2D eigenvalue weighted by atomic mass is 16.3. The highest BCUT2D eigenvalue weighted by Gasteiger charge is 2.25. The van der Waals surface area contributed by atoms with Crippen LogP contribution < -0.4 is 0 Å². The number of allylic oxidation sites excluding steroid dienone is 4. The normalized spacial score (nSPS) is 13.3. The molecule has 0 saturated carbocycles. The lowest BCUT2D eigenvalue weighted by molar-refractivity contribution is 0.673. The SMILES string of the molecule is C1=CCCC(c2cc(-c3ccccc3)nc(-c3cc4c5ccccc5oc4c4c5ccc6ccccc6c5n(-c5ccccc5)c34)n2)=C1. The van der Waals surface area contributed by atoms with Gasteiger partial charge in [-0.1, -0.05) is 121 Å². The van der Waals surface area contributed by atoms with Gasteiger partial charge < -0.3 is 8.98 Å². The molecule has 0 fully saturated rings. The molecule has 0 unspecified atom stereocenters. The largest absolute Gasteiger partial charge is 0.455 e. The highest BCUT2D eigenvalue weighted by Crippen LogP contribution is 2.46. The van der Waals surface area contributed by atoms with E-state index in [-0.39, 0.29) is 0 Å². The van der Waals surface area contributed by atoms with E-state index < -0.39 is 0 Å².